The number of nitrogens with one attached hydrogen (secondary N) is 3. The molecule has 0 bridgehead atoms. The highest BCUT2D eigenvalue weighted by atomic mass is 35.5. The molecule has 0 heterocycles. The van der Waals surface area contributed by atoms with E-state index in [0.717, 1.165) is 5.56 Å². The molecule has 2 amide bonds. The Labute approximate surface area is 157 Å². The van der Waals surface area contributed by atoms with Crippen molar-refractivity contribution in [1.82, 2.24) is 5.32 Å². The zero-order chi connectivity index (χ0) is 19.1. The fourth-order valence-electron chi connectivity index (χ4n) is 2.35. The lowest BCUT2D eigenvalue weighted by Gasteiger charge is -2.13. The Morgan fingerprint density at radius 1 is 1.19 bits per heavy atom. The van der Waals surface area contributed by atoms with Gasteiger partial charge >= 0.3 is 0 Å². The van der Waals surface area contributed by atoms with Crippen LogP contribution >= 0.6 is 11.6 Å². The number of methoxy groups -OCH3 is 1. The summed E-state index contributed by atoms with van der Waals surface area (Å²) >= 11 is 6.08. The second-order valence-electron chi connectivity index (χ2n) is 5.64. The van der Waals surface area contributed by atoms with Crippen LogP contribution in [-0.4, -0.2) is 32.0 Å². The van der Waals surface area contributed by atoms with Crippen molar-refractivity contribution in [3.05, 3.63) is 52.5 Å². The van der Waals surface area contributed by atoms with Crippen molar-refractivity contribution in [3.8, 4) is 5.75 Å². The number of rotatable bonds is 7. The quantitative estimate of drug-likeness (QED) is 0.692. The lowest BCUT2D eigenvalue weighted by molar-refractivity contribution is -0.114. The molecule has 0 saturated carbocycles. The van der Waals surface area contributed by atoms with Gasteiger partial charge in [-0.05, 0) is 43.7 Å². The van der Waals surface area contributed by atoms with Gasteiger partial charge in [0.15, 0.2) is 0 Å². The van der Waals surface area contributed by atoms with Gasteiger partial charge in [0.25, 0.3) is 5.91 Å². The zero-order valence-corrected chi connectivity index (χ0v) is 15.7. The van der Waals surface area contributed by atoms with Gasteiger partial charge in [0.1, 0.15) is 5.75 Å². The summed E-state index contributed by atoms with van der Waals surface area (Å²) in [6, 6.07) is 10.3. The molecule has 26 heavy (non-hydrogen) atoms. The molecule has 0 unspecified atom stereocenters. The fraction of sp³-hybridized carbons (Fsp3) is 0.263. The van der Waals surface area contributed by atoms with E-state index in [4.69, 9.17) is 16.3 Å². The first kappa shape index (κ1) is 19.6. The standard InChI is InChI=1S/C19H22ClN3O3/c1-4-21-19(25)13-6-5-7-14(9-13)23-18(24)11-22-16-8-12(2)15(20)10-17(16)26-3/h5-10,22H,4,11H2,1-3H3,(H,21,25)(H,23,24). The van der Waals surface area contributed by atoms with Crippen LogP contribution in [0.2, 0.25) is 5.02 Å². The molecule has 0 saturated heterocycles. The highest BCUT2D eigenvalue weighted by Gasteiger charge is 2.10. The Kier molecular flexibility index (Phi) is 6.86. The highest BCUT2D eigenvalue weighted by molar-refractivity contribution is 6.31. The number of ether oxygens (including phenoxy) is 1. The van der Waals surface area contributed by atoms with Crippen LogP contribution in [0.25, 0.3) is 0 Å². The van der Waals surface area contributed by atoms with E-state index < -0.39 is 0 Å². The molecule has 0 radical (unpaired) electrons. The monoisotopic (exact) mass is 375 g/mol. The van der Waals surface area contributed by atoms with E-state index in [1.807, 2.05) is 19.9 Å². The Balaban J connectivity index is 2.01. The molecule has 2 rings (SSSR count). The maximum atomic E-state index is 12.2. The Hall–Kier alpha value is -2.73. The average molecular weight is 376 g/mol. The van der Waals surface area contributed by atoms with Gasteiger partial charge in [-0.2, -0.15) is 0 Å². The van der Waals surface area contributed by atoms with Gasteiger partial charge in [0.05, 0.1) is 19.3 Å². The van der Waals surface area contributed by atoms with Gasteiger partial charge in [-0.3, -0.25) is 9.59 Å². The molecule has 0 fully saturated rings. The number of halogens is 1. The van der Waals surface area contributed by atoms with Crippen LogP contribution in [0.15, 0.2) is 36.4 Å². The SMILES string of the molecule is CCNC(=O)c1cccc(NC(=O)CNc2cc(C)c(Cl)cc2OC)c1. The van der Waals surface area contributed by atoms with Crippen molar-refractivity contribution in [2.45, 2.75) is 13.8 Å². The van der Waals surface area contributed by atoms with Gasteiger partial charge < -0.3 is 20.7 Å². The van der Waals surface area contributed by atoms with Crippen molar-refractivity contribution in [2.24, 2.45) is 0 Å². The first-order valence-corrected chi connectivity index (χ1v) is 8.58. The number of hydrogen-bond acceptors (Lipinski definition) is 4. The van der Waals surface area contributed by atoms with Crippen LogP contribution in [0, 0.1) is 6.92 Å². The Morgan fingerprint density at radius 2 is 1.96 bits per heavy atom. The van der Waals surface area contributed by atoms with E-state index in [-0.39, 0.29) is 18.4 Å². The molecule has 2 aromatic rings. The van der Waals surface area contributed by atoms with E-state index in [0.29, 0.717) is 34.3 Å². The van der Waals surface area contributed by atoms with Crippen LogP contribution in [0.5, 0.6) is 5.75 Å². The van der Waals surface area contributed by atoms with Gasteiger partial charge in [-0.1, -0.05) is 17.7 Å². The van der Waals surface area contributed by atoms with Gasteiger partial charge in [-0.25, -0.2) is 0 Å². The molecule has 0 spiro atoms. The lowest BCUT2D eigenvalue weighted by atomic mass is 10.2. The molecule has 2 aromatic carbocycles. The van der Waals surface area contributed by atoms with Crippen molar-refractivity contribution in [1.29, 1.82) is 0 Å². The average Bonchev–Trinajstić information content (AvgIpc) is 2.62. The third kappa shape index (κ3) is 5.13. The summed E-state index contributed by atoms with van der Waals surface area (Å²) in [6.45, 7) is 4.31. The molecular formula is C19H22ClN3O3. The highest BCUT2D eigenvalue weighted by Crippen LogP contribution is 2.30. The maximum Gasteiger partial charge on any atom is 0.251 e. The molecule has 7 heteroatoms. The van der Waals surface area contributed by atoms with Crippen LogP contribution in [0.1, 0.15) is 22.8 Å². The van der Waals surface area contributed by atoms with Gasteiger partial charge in [0.2, 0.25) is 5.91 Å². The third-order valence-corrected chi connectivity index (χ3v) is 4.07. The van der Waals surface area contributed by atoms with Crippen molar-refractivity contribution < 1.29 is 14.3 Å². The first-order valence-electron chi connectivity index (χ1n) is 8.20. The molecule has 6 nitrogen and oxygen atoms in total. The fourth-order valence-corrected chi connectivity index (χ4v) is 2.51. The topological polar surface area (TPSA) is 79.5 Å². The van der Waals surface area contributed by atoms with E-state index >= 15 is 0 Å². The molecule has 0 aliphatic heterocycles. The number of amides is 2. The maximum absolute atomic E-state index is 12.2. The molecular weight excluding hydrogens is 354 g/mol. The van der Waals surface area contributed by atoms with Crippen molar-refractivity contribution in [2.75, 3.05) is 30.8 Å². The van der Waals surface area contributed by atoms with E-state index in [2.05, 4.69) is 16.0 Å². The first-order chi connectivity index (χ1) is 12.4. The molecule has 0 aliphatic carbocycles. The summed E-state index contributed by atoms with van der Waals surface area (Å²) in [7, 11) is 1.54. The van der Waals surface area contributed by atoms with E-state index in [1.165, 1.54) is 0 Å². The second-order valence-corrected chi connectivity index (χ2v) is 6.05. The lowest BCUT2D eigenvalue weighted by Crippen LogP contribution is -2.24. The van der Waals surface area contributed by atoms with Gasteiger partial charge in [0, 0.05) is 28.9 Å². The Bertz CT molecular complexity index is 809. The Morgan fingerprint density at radius 3 is 2.65 bits per heavy atom. The molecule has 3 N–H and O–H groups in total. The minimum atomic E-state index is -0.243. The largest absolute Gasteiger partial charge is 0.495 e. The normalized spacial score (nSPS) is 10.2. The zero-order valence-electron chi connectivity index (χ0n) is 15.0. The smallest absolute Gasteiger partial charge is 0.251 e. The van der Waals surface area contributed by atoms with Crippen LogP contribution in [0.4, 0.5) is 11.4 Å². The van der Waals surface area contributed by atoms with Crippen LogP contribution < -0.4 is 20.7 Å². The molecule has 0 aromatic heterocycles. The number of hydrogen-bond donors (Lipinski definition) is 3. The van der Waals surface area contributed by atoms with E-state index in [1.54, 1.807) is 37.4 Å². The summed E-state index contributed by atoms with van der Waals surface area (Å²) in [4.78, 5) is 24.1. The van der Waals surface area contributed by atoms with Crippen molar-refractivity contribution in [3.63, 3.8) is 0 Å². The third-order valence-electron chi connectivity index (χ3n) is 3.67. The number of carbonyl (C=O) groups is 2. The summed E-state index contributed by atoms with van der Waals surface area (Å²) in [5.74, 6) is 0.141. The number of benzene rings is 2. The van der Waals surface area contributed by atoms with Gasteiger partial charge in [-0.15, -0.1) is 0 Å². The van der Waals surface area contributed by atoms with Crippen LogP contribution in [-0.2, 0) is 4.79 Å². The minimum absolute atomic E-state index is 0.0445. The number of carbonyl (C=O) groups excluding carboxylic acids is 2. The summed E-state index contributed by atoms with van der Waals surface area (Å²) < 4.78 is 5.27. The number of anilines is 2. The summed E-state index contributed by atoms with van der Waals surface area (Å²) in [5, 5.41) is 9.12. The predicted molar refractivity (Wildman–Crippen MR) is 104 cm³/mol. The van der Waals surface area contributed by atoms with Crippen LogP contribution in [0.3, 0.4) is 0 Å². The minimum Gasteiger partial charge on any atom is -0.495 e. The predicted octanol–water partition coefficient (Wildman–Crippen LogP) is 3.46. The van der Waals surface area contributed by atoms with E-state index in [9.17, 15) is 9.59 Å². The summed E-state index contributed by atoms with van der Waals surface area (Å²) in [6.07, 6.45) is 0. The molecule has 0 atom stereocenters. The van der Waals surface area contributed by atoms with Crippen molar-refractivity contribution >= 4 is 34.8 Å². The molecule has 138 valence electrons. The second kappa shape index (κ2) is 9.10. The number of aryl methyl sites for hydroxylation is 1. The summed E-state index contributed by atoms with van der Waals surface area (Å²) in [5.41, 5.74) is 2.61. The molecule has 0 aliphatic rings.